The summed E-state index contributed by atoms with van der Waals surface area (Å²) >= 11 is 1.30. The lowest BCUT2D eigenvalue weighted by molar-refractivity contribution is -0.117. The number of rotatable bonds is 7. The van der Waals surface area contributed by atoms with E-state index in [9.17, 15) is 14.7 Å². The van der Waals surface area contributed by atoms with Gasteiger partial charge in [0.1, 0.15) is 0 Å². The third kappa shape index (κ3) is 3.95. The summed E-state index contributed by atoms with van der Waals surface area (Å²) in [5, 5.41) is 12.8. The lowest BCUT2D eigenvalue weighted by Crippen LogP contribution is -2.31. The standard InChI is InChI=1S/C27H28N2O3S/c1-5-28(6-2)20-14-12-19(13-15-20)24-23(25(30)22-11-8-16-33-22)26(31)27(32)29(24)21-10-7-9-17(3)18(21)4/h7-16,24,31H,5-6H2,1-4H3. The van der Waals surface area contributed by atoms with E-state index in [1.165, 1.54) is 11.3 Å². The van der Waals surface area contributed by atoms with Crippen molar-refractivity contribution < 1.29 is 14.7 Å². The van der Waals surface area contributed by atoms with E-state index in [0.717, 1.165) is 35.5 Å². The molecule has 0 radical (unpaired) electrons. The van der Waals surface area contributed by atoms with Crippen molar-refractivity contribution in [1.29, 1.82) is 0 Å². The van der Waals surface area contributed by atoms with Crippen LogP contribution in [0, 0.1) is 13.8 Å². The molecule has 4 rings (SSSR count). The first-order chi connectivity index (χ1) is 15.9. The van der Waals surface area contributed by atoms with Crippen molar-refractivity contribution >= 4 is 34.4 Å². The number of benzene rings is 2. The monoisotopic (exact) mass is 460 g/mol. The second-order valence-corrected chi connectivity index (χ2v) is 9.08. The summed E-state index contributed by atoms with van der Waals surface area (Å²) in [4.78, 5) is 31.1. The van der Waals surface area contributed by atoms with Crippen molar-refractivity contribution in [2.75, 3.05) is 22.9 Å². The van der Waals surface area contributed by atoms with Crippen LogP contribution in [0.4, 0.5) is 11.4 Å². The van der Waals surface area contributed by atoms with Crippen molar-refractivity contribution in [3.8, 4) is 0 Å². The Kier molecular flexibility index (Phi) is 6.38. The zero-order valence-corrected chi connectivity index (χ0v) is 20.1. The van der Waals surface area contributed by atoms with Gasteiger partial charge in [0.2, 0.25) is 5.78 Å². The molecule has 0 bridgehead atoms. The Morgan fingerprint density at radius 2 is 1.73 bits per heavy atom. The van der Waals surface area contributed by atoms with Gasteiger partial charge in [-0.1, -0.05) is 30.3 Å². The van der Waals surface area contributed by atoms with Crippen LogP contribution < -0.4 is 9.80 Å². The summed E-state index contributed by atoms with van der Waals surface area (Å²) < 4.78 is 0. The summed E-state index contributed by atoms with van der Waals surface area (Å²) in [5.41, 5.74) is 4.65. The number of aliphatic hydroxyl groups is 1. The van der Waals surface area contributed by atoms with Gasteiger partial charge in [-0.15, -0.1) is 11.3 Å². The summed E-state index contributed by atoms with van der Waals surface area (Å²) in [5.74, 6) is -1.35. The summed E-state index contributed by atoms with van der Waals surface area (Å²) in [6.45, 7) is 9.92. The number of carbonyl (C=O) groups excluding carboxylic acids is 2. The molecular formula is C27H28N2O3S. The van der Waals surface area contributed by atoms with Crippen LogP contribution in [0.1, 0.15) is 46.3 Å². The number of anilines is 2. The minimum absolute atomic E-state index is 0.124. The van der Waals surface area contributed by atoms with E-state index in [1.54, 1.807) is 17.0 Å². The van der Waals surface area contributed by atoms with Gasteiger partial charge in [0, 0.05) is 24.5 Å². The highest BCUT2D eigenvalue weighted by Crippen LogP contribution is 2.43. The Balaban J connectivity index is 1.87. The minimum Gasteiger partial charge on any atom is -0.503 e. The van der Waals surface area contributed by atoms with Crippen molar-refractivity contribution in [2.24, 2.45) is 0 Å². The predicted molar refractivity (Wildman–Crippen MR) is 134 cm³/mol. The maximum Gasteiger partial charge on any atom is 0.294 e. The number of thiophene rings is 1. The van der Waals surface area contributed by atoms with Gasteiger partial charge >= 0.3 is 0 Å². The Morgan fingerprint density at radius 3 is 2.33 bits per heavy atom. The van der Waals surface area contributed by atoms with Crippen LogP contribution in [0.2, 0.25) is 0 Å². The molecular weight excluding hydrogens is 432 g/mol. The molecule has 3 aromatic rings. The van der Waals surface area contributed by atoms with Crippen molar-refractivity contribution in [1.82, 2.24) is 0 Å². The molecule has 33 heavy (non-hydrogen) atoms. The first-order valence-electron chi connectivity index (χ1n) is 11.1. The summed E-state index contributed by atoms with van der Waals surface area (Å²) in [6.07, 6.45) is 0. The third-order valence-electron chi connectivity index (χ3n) is 6.37. The van der Waals surface area contributed by atoms with Gasteiger partial charge in [-0.2, -0.15) is 0 Å². The highest BCUT2D eigenvalue weighted by Gasteiger charge is 2.45. The molecule has 1 aromatic heterocycles. The maximum absolute atomic E-state index is 13.4. The number of carbonyl (C=O) groups is 2. The van der Waals surface area contributed by atoms with E-state index in [2.05, 4.69) is 18.7 Å². The SMILES string of the molecule is CCN(CC)c1ccc(C2C(C(=O)c3cccs3)=C(O)C(=O)N2c2cccc(C)c2C)cc1. The van der Waals surface area contributed by atoms with Gasteiger partial charge in [0.25, 0.3) is 5.91 Å². The van der Waals surface area contributed by atoms with E-state index in [1.807, 2.05) is 61.7 Å². The first-order valence-corrected chi connectivity index (χ1v) is 12.0. The largest absolute Gasteiger partial charge is 0.503 e. The molecule has 1 aliphatic heterocycles. The maximum atomic E-state index is 13.4. The van der Waals surface area contributed by atoms with Crippen LogP contribution >= 0.6 is 11.3 Å². The van der Waals surface area contributed by atoms with Crippen LogP contribution in [0.3, 0.4) is 0 Å². The molecule has 170 valence electrons. The first kappa shape index (κ1) is 22.8. The number of ketones is 1. The zero-order chi connectivity index (χ0) is 23.7. The Morgan fingerprint density at radius 1 is 1.03 bits per heavy atom. The molecule has 0 aliphatic carbocycles. The number of hydrogen-bond donors (Lipinski definition) is 1. The van der Waals surface area contributed by atoms with Gasteiger partial charge in [0.05, 0.1) is 16.5 Å². The zero-order valence-electron chi connectivity index (χ0n) is 19.3. The molecule has 2 aromatic carbocycles. The van der Waals surface area contributed by atoms with E-state index >= 15 is 0 Å². The molecule has 1 N–H and O–H groups in total. The summed E-state index contributed by atoms with van der Waals surface area (Å²) in [6, 6.07) is 16.5. The van der Waals surface area contributed by atoms with Gasteiger partial charge in [-0.25, -0.2) is 0 Å². The number of Topliss-reactive ketones (excluding diaryl/α,β-unsaturated/α-hetero) is 1. The highest BCUT2D eigenvalue weighted by molar-refractivity contribution is 7.12. The van der Waals surface area contributed by atoms with Crippen LogP contribution in [0.15, 0.2) is 71.3 Å². The number of nitrogens with zero attached hydrogens (tertiary/aromatic N) is 2. The van der Waals surface area contributed by atoms with E-state index in [-0.39, 0.29) is 11.4 Å². The molecule has 0 fully saturated rings. The Hall–Kier alpha value is -3.38. The van der Waals surface area contributed by atoms with Crippen LogP contribution in [0.5, 0.6) is 0 Å². The summed E-state index contributed by atoms with van der Waals surface area (Å²) in [7, 11) is 0. The lowest BCUT2D eigenvalue weighted by Gasteiger charge is -2.29. The van der Waals surface area contributed by atoms with Gasteiger partial charge < -0.3 is 10.0 Å². The smallest absolute Gasteiger partial charge is 0.294 e. The second kappa shape index (κ2) is 9.24. The van der Waals surface area contributed by atoms with E-state index < -0.39 is 17.7 Å². The molecule has 2 heterocycles. The molecule has 1 unspecified atom stereocenters. The minimum atomic E-state index is -0.710. The van der Waals surface area contributed by atoms with E-state index in [0.29, 0.717) is 10.6 Å². The normalized spacial score (nSPS) is 15.9. The average Bonchev–Trinajstić information content (AvgIpc) is 3.44. The molecule has 1 amide bonds. The quantitative estimate of drug-likeness (QED) is 0.440. The van der Waals surface area contributed by atoms with Crippen LogP contribution in [-0.4, -0.2) is 29.9 Å². The van der Waals surface area contributed by atoms with Gasteiger partial charge in [0.15, 0.2) is 5.76 Å². The highest BCUT2D eigenvalue weighted by atomic mass is 32.1. The number of amides is 1. The van der Waals surface area contributed by atoms with Crippen molar-refractivity contribution in [2.45, 2.75) is 33.7 Å². The number of hydrogen-bond acceptors (Lipinski definition) is 5. The fraction of sp³-hybridized carbons (Fsp3) is 0.259. The second-order valence-electron chi connectivity index (χ2n) is 8.13. The lowest BCUT2D eigenvalue weighted by atomic mass is 9.94. The third-order valence-corrected chi connectivity index (χ3v) is 7.24. The average molecular weight is 461 g/mol. The predicted octanol–water partition coefficient (Wildman–Crippen LogP) is 5.99. The number of aliphatic hydroxyl groups excluding tert-OH is 1. The topological polar surface area (TPSA) is 60.9 Å². The molecule has 0 saturated heterocycles. The fourth-order valence-electron chi connectivity index (χ4n) is 4.39. The fourth-order valence-corrected chi connectivity index (χ4v) is 5.07. The Labute approximate surface area is 198 Å². The van der Waals surface area contributed by atoms with Crippen molar-refractivity contribution in [3.63, 3.8) is 0 Å². The van der Waals surface area contributed by atoms with Crippen molar-refractivity contribution in [3.05, 3.63) is 92.9 Å². The van der Waals surface area contributed by atoms with Crippen LogP contribution in [-0.2, 0) is 4.79 Å². The molecule has 5 nitrogen and oxygen atoms in total. The van der Waals surface area contributed by atoms with Crippen LogP contribution in [0.25, 0.3) is 0 Å². The Bertz CT molecular complexity index is 1210. The number of aryl methyl sites for hydroxylation is 1. The van der Waals surface area contributed by atoms with Gasteiger partial charge in [-0.05, 0) is 74.0 Å². The van der Waals surface area contributed by atoms with E-state index in [4.69, 9.17) is 0 Å². The van der Waals surface area contributed by atoms with Gasteiger partial charge in [-0.3, -0.25) is 14.5 Å². The molecule has 1 aliphatic rings. The molecule has 6 heteroatoms. The molecule has 1 atom stereocenters. The molecule has 0 spiro atoms. The molecule has 0 saturated carbocycles.